The van der Waals surface area contributed by atoms with Crippen LogP contribution in [0.4, 0.5) is 0 Å². The summed E-state index contributed by atoms with van der Waals surface area (Å²) in [6.07, 6.45) is 1.61. The van der Waals surface area contributed by atoms with E-state index in [0.29, 0.717) is 0 Å². The minimum Gasteiger partial charge on any atom is -0.208 e. The molecule has 0 saturated heterocycles. The van der Waals surface area contributed by atoms with Crippen molar-refractivity contribution in [2.75, 3.05) is 0 Å². The standard InChI is InChI=1S/C18H21BrN2O4S2/c1-18(2,13-6-8-14(19)9-7-13)21-27(24,25)17-5-3-4-16(12-17)26(22,23)20-15-10-11-15/h3-9,12,15,20-21H,10-11H2,1-2H3. The smallest absolute Gasteiger partial charge is 0.208 e. The van der Waals surface area contributed by atoms with E-state index in [0.717, 1.165) is 22.9 Å². The third-order valence-corrected chi connectivity index (χ3v) is 7.98. The maximum absolute atomic E-state index is 12.9. The van der Waals surface area contributed by atoms with Gasteiger partial charge in [0.05, 0.1) is 15.3 Å². The first-order chi connectivity index (χ1) is 12.5. The first-order valence-electron chi connectivity index (χ1n) is 8.42. The van der Waals surface area contributed by atoms with Gasteiger partial charge in [0.25, 0.3) is 0 Å². The molecule has 3 rings (SSSR count). The zero-order valence-electron chi connectivity index (χ0n) is 14.9. The van der Waals surface area contributed by atoms with Crippen LogP contribution < -0.4 is 9.44 Å². The summed E-state index contributed by atoms with van der Waals surface area (Å²) in [6.45, 7) is 3.51. The highest BCUT2D eigenvalue weighted by atomic mass is 79.9. The molecule has 6 nitrogen and oxygen atoms in total. The highest BCUT2D eigenvalue weighted by Crippen LogP contribution is 2.26. The Morgan fingerprint density at radius 3 is 2.04 bits per heavy atom. The van der Waals surface area contributed by atoms with Crippen LogP contribution in [0.2, 0.25) is 0 Å². The van der Waals surface area contributed by atoms with Crippen molar-refractivity contribution < 1.29 is 16.8 Å². The number of hydrogen-bond acceptors (Lipinski definition) is 4. The molecule has 2 aromatic carbocycles. The number of benzene rings is 2. The Kier molecular flexibility index (Phi) is 5.53. The third-order valence-electron chi connectivity index (χ3n) is 4.28. The molecule has 0 amide bonds. The van der Waals surface area contributed by atoms with Crippen LogP contribution in [0.25, 0.3) is 0 Å². The maximum Gasteiger partial charge on any atom is 0.241 e. The molecule has 2 aromatic rings. The Balaban J connectivity index is 1.88. The zero-order chi connectivity index (χ0) is 19.9. The van der Waals surface area contributed by atoms with Crippen molar-refractivity contribution in [3.05, 3.63) is 58.6 Å². The van der Waals surface area contributed by atoms with Gasteiger partial charge in [0, 0.05) is 10.5 Å². The molecule has 0 spiro atoms. The van der Waals surface area contributed by atoms with Gasteiger partial charge in [-0.2, -0.15) is 0 Å². The van der Waals surface area contributed by atoms with Gasteiger partial charge in [-0.05, 0) is 62.6 Å². The molecular weight excluding hydrogens is 452 g/mol. The lowest BCUT2D eigenvalue weighted by Gasteiger charge is -2.26. The molecule has 1 aliphatic rings. The average Bonchev–Trinajstić information content (AvgIpc) is 3.38. The minimum atomic E-state index is -3.93. The Bertz CT molecular complexity index is 1050. The summed E-state index contributed by atoms with van der Waals surface area (Å²) < 4.78 is 56.6. The van der Waals surface area contributed by atoms with Gasteiger partial charge in [0.1, 0.15) is 0 Å². The molecule has 0 radical (unpaired) electrons. The van der Waals surface area contributed by atoms with Gasteiger partial charge in [-0.3, -0.25) is 0 Å². The van der Waals surface area contributed by atoms with E-state index in [1.54, 1.807) is 13.8 Å². The summed E-state index contributed by atoms with van der Waals surface area (Å²) in [5.74, 6) is 0. The van der Waals surface area contributed by atoms with Crippen molar-refractivity contribution in [1.29, 1.82) is 0 Å². The first-order valence-corrected chi connectivity index (χ1v) is 12.2. The predicted octanol–water partition coefficient (Wildman–Crippen LogP) is 3.10. The molecule has 9 heteroatoms. The second kappa shape index (κ2) is 7.29. The van der Waals surface area contributed by atoms with Gasteiger partial charge in [-0.15, -0.1) is 0 Å². The minimum absolute atomic E-state index is 0.0512. The molecule has 0 aromatic heterocycles. The third kappa shape index (κ3) is 4.97. The lowest BCUT2D eigenvalue weighted by atomic mass is 9.96. The van der Waals surface area contributed by atoms with Gasteiger partial charge in [-0.25, -0.2) is 26.3 Å². The molecule has 0 atom stereocenters. The van der Waals surface area contributed by atoms with Crippen molar-refractivity contribution in [3.63, 3.8) is 0 Å². The average molecular weight is 473 g/mol. The van der Waals surface area contributed by atoms with Crippen LogP contribution in [0, 0.1) is 0 Å². The summed E-state index contributed by atoms with van der Waals surface area (Å²) in [6, 6.07) is 12.7. The fourth-order valence-electron chi connectivity index (χ4n) is 2.62. The Hall–Kier alpha value is -1.26. The molecule has 0 aliphatic heterocycles. The van der Waals surface area contributed by atoms with E-state index in [9.17, 15) is 16.8 Å². The molecule has 0 heterocycles. The van der Waals surface area contributed by atoms with Crippen LogP contribution in [0.1, 0.15) is 32.3 Å². The van der Waals surface area contributed by atoms with Crippen LogP contribution in [0.15, 0.2) is 62.8 Å². The second-order valence-electron chi connectivity index (χ2n) is 7.11. The van der Waals surface area contributed by atoms with Gasteiger partial charge >= 0.3 is 0 Å². The summed E-state index contributed by atoms with van der Waals surface area (Å²) >= 11 is 3.36. The van der Waals surface area contributed by atoms with E-state index in [1.165, 1.54) is 24.3 Å². The summed E-state index contributed by atoms with van der Waals surface area (Å²) in [5, 5.41) is 0. The monoisotopic (exact) mass is 472 g/mol. The van der Waals surface area contributed by atoms with Crippen molar-refractivity contribution in [2.24, 2.45) is 0 Å². The topological polar surface area (TPSA) is 92.3 Å². The van der Waals surface area contributed by atoms with Crippen LogP contribution >= 0.6 is 15.9 Å². The Labute approximate surface area is 168 Å². The van der Waals surface area contributed by atoms with Crippen molar-refractivity contribution in [2.45, 2.75) is 48.1 Å². The highest BCUT2D eigenvalue weighted by Gasteiger charge is 2.31. The normalized spacial score (nSPS) is 15.7. The largest absolute Gasteiger partial charge is 0.241 e. The van der Waals surface area contributed by atoms with E-state index < -0.39 is 25.6 Å². The van der Waals surface area contributed by atoms with Crippen molar-refractivity contribution >= 4 is 36.0 Å². The molecule has 146 valence electrons. The fourth-order valence-corrected chi connectivity index (χ4v) is 5.75. The van der Waals surface area contributed by atoms with Crippen LogP contribution in [0.3, 0.4) is 0 Å². The number of rotatable bonds is 7. The van der Waals surface area contributed by atoms with Gasteiger partial charge in [0.15, 0.2) is 0 Å². The van der Waals surface area contributed by atoms with E-state index in [-0.39, 0.29) is 15.8 Å². The maximum atomic E-state index is 12.9. The molecule has 1 fully saturated rings. The summed E-state index contributed by atoms with van der Waals surface area (Å²) in [4.78, 5) is -0.148. The molecule has 0 bridgehead atoms. The highest BCUT2D eigenvalue weighted by molar-refractivity contribution is 9.10. The lowest BCUT2D eigenvalue weighted by Crippen LogP contribution is -2.40. The van der Waals surface area contributed by atoms with Crippen LogP contribution in [-0.2, 0) is 25.6 Å². The van der Waals surface area contributed by atoms with Gasteiger partial charge in [0.2, 0.25) is 20.0 Å². The fraction of sp³-hybridized carbons (Fsp3) is 0.333. The van der Waals surface area contributed by atoms with Crippen molar-refractivity contribution in [3.8, 4) is 0 Å². The zero-order valence-corrected chi connectivity index (χ0v) is 18.2. The molecule has 1 saturated carbocycles. The first kappa shape index (κ1) is 20.5. The Morgan fingerprint density at radius 2 is 1.48 bits per heavy atom. The van der Waals surface area contributed by atoms with Gasteiger partial charge in [-0.1, -0.05) is 34.1 Å². The number of sulfonamides is 2. The van der Waals surface area contributed by atoms with E-state index in [1.807, 2.05) is 24.3 Å². The number of nitrogens with one attached hydrogen (secondary N) is 2. The summed E-state index contributed by atoms with van der Waals surface area (Å²) in [5.41, 5.74) is -0.0887. The van der Waals surface area contributed by atoms with Gasteiger partial charge < -0.3 is 0 Å². The van der Waals surface area contributed by atoms with E-state index in [2.05, 4.69) is 25.4 Å². The Morgan fingerprint density at radius 1 is 0.926 bits per heavy atom. The number of halogens is 1. The molecule has 27 heavy (non-hydrogen) atoms. The van der Waals surface area contributed by atoms with Crippen LogP contribution in [-0.4, -0.2) is 22.9 Å². The molecular formula is C18H21BrN2O4S2. The van der Waals surface area contributed by atoms with Crippen molar-refractivity contribution in [1.82, 2.24) is 9.44 Å². The number of hydrogen-bond donors (Lipinski definition) is 2. The molecule has 1 aliphatic carbocycles. The quantitative estimate of drug-likeness (QED) is 0.647. The molecule has 0 unspecified atom stereocenters. The van der Waals surface area contributed by atoms with E-state index >= 15 is 0 Å². The second-order valence-corrected chi connectivity index (χ2v) is 11.4. The molecule has 2 N–H and O–H groups in total. The van der Waals surface area contributed by atoms with Crippen LogP contribution in [0.5, 0.6) is 0 Å². The predicted molar refractivity (Wildman–Crippen MR) is 107 cm³/mol. The van der Waals surface area contributed by atoms with E-state index in [4.69, 9.17) is 0 Å². The SMILES string of the molecule is CC(C)(NS(=O)(=O)c1cccc(S(=O)(=O)NC2CC2)c1)c1ccc(Br)cc1. The summed E-state index contributed by atoms with van der Waals surface area (Å²) in [7, 11) is -7.65. The lowest BCUT2D eigenvalue weighted by molar-refractivity contribution is 0.472.